The van der Waals surface area contributed by atoms with Crippen LogP contribution in [0.2, 0.25) is 0 Å². The van der Waals surface area contributed by atoms with Gasteiger partial charge in [0.15, 0.2) is 6.61 Å². The maximum absolute atomic E-state index is 5.37. The van der Waals surface area contributed by atoms with Gasteiger partial charge in [-0.15, -0.1) is 0 Å². The Balaban J connectivity index is 1.70. The van der Waals surface area contributed by atoms with Gasteiger partial charge in [-0.1, -0.05) is 60.7 Å². The minimum atomic E-state index is 0.666. The van der Waals surface area contributed by atoms with Crippen LogP contribution in [0, 0.1) is 6.61 Å². The molecule has 80 valence electrons. The predicted molar refractivity (Wildman–Crippen MR) is 64.9 cm³/mol. The summed E-state index contributed by atoms with van der Waals surface area (Å²) in [5.74, 6) is 0. The summed E-state index contributed by atoms with van der Waals surface area (Å²) in [6.45, 7) is 3.58. The van der Waals surface area contributed by atoms with Crippen molar-refractivity contribution in [2.24, 2.45) is 0 Å². The van der Waals surface area contributed by atoms with E-state index in [2.05, 4.69) is 18.7 Å². The van der Waals surface area contributed by atoms with E-state index < -0.39 is 0 Å². The van der Waals surface area contributed by atoms with Crippen LogP contribution in [0.5, 0.6) is 0 Å². The molecule has 0 N–H and O–H groups in total. The van der Waals surface area contributed by atoms with Crippen LogP contribution in [0.15, 0.2) is 60.7 Å². The Morgan fingerprint density at radius 1 is 0.812 bits per heavy atom. The fourth-order valence-corrected chi connectivity index (χ4v) is 1.45. The lowest BCUT2D eigenvalue weighted by atomic mass is 10.2. The summed E-state index contributed by atoms with van der Waals surface area (Å²) >= 11 is 0. The SMILES string of the molecule is [C](OCCc1ccccc1)c1ccccc1. The summed E-state index contributed by atoms with van der Waals surface area (Å²) in [5, 5.41) is 0. The highest BCUT2D eigenvalue weighted by Gasteiger charge is 1.95. The molecule has 2 aromatic carbocycles. The molecule has 1 nitrogen and oxygen atoms in total. The molecule has 0 heterocycles. The van der Waals surface area contributed by atoms with Crippen LogP contribution in [0.1, 0.15) is 11.1 Å². The van der Waals surface area contributed by atoms with E-state index in [0.29, 0.717) is 6.61 Å². The van der Waals surface area contributed by atoms with E-state index in [1.54, 1.807) is 0 Å². The third kappa shape index (κ3) is 3.52. The fourth-order valence-electron chi connectivity index (χ4n) is 1.45. The highest BCUT2D eigenvalue weighted by molar-refractivity contribution is 5.20. The molecule has 0 aromatic heterocycles. The van der Waals surface area contributed by atoms with E-state index in [9.17, 15) is 0 Å². The molecule has 0 aliphatic heterocycles. The monoisotopic (exact) mass is 210 g/mol. The van der Waals surface area contributed by atoms with E-state index in [-0.39, 0.29) is 0 Å². The van der Waals surface area contributed by atoms with Gasteiger partial charge in [-0.05, 0) is 17.5 Å². The highest BCUT2D eigenvalue weighted by Crippen LogP contribution is 2.04. The molecule has 16 heavy (non-hydrogen) atoms. The zero-order valence-corrected chi connectivity index (χ0v) is 9.10. The summed E-state index contributed by atoms with van der Waals surface area (Å²) < 4.78 is 5.37. The average Bonchev–Trinajstić information content (AvgIpc) is 2.37. The third-order valence-electron chi connectivity index (χ3n) is 2.30. The summed E-state index contributed by atoms with van der Waals surface area (Å²) in [7, 11) is 0. The summed E-state index contributed by atoms with van der Waals surface area (Å²) in [5.41, 5.74) is 2.27. The first kappa shape index (κ1) is 10.9. The van der Waals surface area contributed by atoms with Crippen LogP contribution in [-0.2, 0) is 11.2 Å². The van der Waals surface area contributed by atoms with Gasteiger partial charge in [0.2, 0.25) is 0 Å². The van der Waals surface area contributed by atoms with Crippen molar-refractivity contribution < 1.29 is 4.74 Å². The second kappa shape index (κ2) is 6.09. The van der Waals surface area contributed by atoms with Gasteiger partial charge in [-0.25, -0.2) is 0 Å². The lowest BCUT2D eigenvalue weighted by Gasteiger charge is -2.02. The zero-order valence-electron chi connectivity index (χ0n) is 9.10. The number of hydrogen-bond acceptors (Lipinski definition) is 1. The molecule has 2 aromatic rings. The minimum Gasteiger partial charge on any atom is -0.363 e. The third-order valence-corrected chi connectivity index (χ3v) is 2.30. The van der Waals surface area contributed by atoms with Gasteiger partial charge in [0.25, 0.3) is 0 Å². The van der Waals surface area contributed by atoms with Crippen molar-refractivity contribution in [3.05, 3.63) is 78.4 Å². The molecule has 0 aliphatic rings. The van der Waals surface area contributed by atoms with Crippen LogP contribution in [0.3, 0.4) is 0 Å². The lowest BCUT2D eigenvalue weighted by molar-refractivity contribution is 0.216. The van der Waals surface area contributed by atoms with E-state index in [4.69, 9.17) is 4.74 Å². The standard InChI is InChI=1S/C15H14O/c1-3-7-14(8-4-1)11-12-16-13-15-9-5-2-6-10-15/h1-10H,11-12H2. The predicted octanol–water partition coefficient (Wildman–Crippen LogP) is 3.33. The molecule has 2 rings (SSSR count). The fraction of sp³-hybridized carbons (Fsp3) is 0.133. The molecular weight excluding hydrogens is 196 g/mol. The van der Waals surface area contributed by atoms with Crippen molar-refractivity contribution in [2.75, 3.05) is 6.61 Å². The first-order valence-corrected chi connectivity index (χ1v) is 5.42. The molecular formula is C15H14O. The smallest absolute Gasteiger partial charge is 0.166 e. The van der Waals surface area contributed by atoms with Crippen molar-refractivity contribution >= 4 is 0 Å². The number of benzene rings is 2. The Morgan fingerprint density at radius 3 is 2.12 bits per heavy atom. The molecule has 0 spiro atoms. The lowest BCUT2D eigenvalue weighted by Crippen LogP contribution is -1.97. The van der Waals surface area contributed by atoms with Crippen molar-refractivity contribution in [1.29, 1.82) is 0 Å². The summed E-state index contributed by atoms with van der Waals surface area (Å²) in [6.07, 6.45) is 0.917. The molecule has 2 radical (unpaired) electrons. The van der Waals surface area contributed by atoms with Crippen molar-refractivity contribution in [3.63, 3.8) is 0 Å². The van der Waals surface area contributed by atoms with Gasteiger partial charge in [0.05, 0.1) is 6.61 Å². The van der Waals surface area contributed by atoms with E-state index in [1.807, 2.05) is 48.5 Å². The average molecular weight is 210 g/mol. The Morgan fingerprint density at radius 2 is 1.44 bits per heavy atom. The van der Waals surface area contributed by atoms with E-state index >= 15 is 0 Å². The van der Waals surface area contributed by atoms with Gasteiger partial charge in [-0.3, -0.25) is 0 Å². The molecule has 0 fully saturated rings. The first-order chi connectivity index (χ1) is 7.95. The van der Waals surface area contributed by atoms with Crippen LogP contribution in [-0.4, -0.2) is 6.61 Å². The summed E-state index contributed by atoms with van der Waals surface area (Å²) in [6, 6.07) is 20.2. The number of ether oxygens (including phenoxy) is 1. The Kier molecular flexibility index (Phi) is 4.15. The number of rotatable bonds is 5. The highest BCUT2D eigenvalue weighted by atomic mass is 16.5. The van der Waals surface area contributed by atoms with E-state index in [1.165, 1.54) is 5.56 Å². The van der Waals surface area contributed by atoms with E-state index in [0.717, 1.165) is 12.0 Å². The quantitative estimate of drug-likeness (QED) is 0.688. The van der Waals surface area contributed by atoms with Crippen LogP contribution < -0.4 is 0 Å². The molecule has 0 saturated carbocycles. The maximum Gasteiger partial charge on any atom is 0.166 e. The van der Waals surface area contributed by atoms with Gasteiger partial charge in [0, 0.05) is 0 Å². The van der Waals surface area contributed by atoms with Crippen LogP contribution in [0.25, 0.3) is 0 Å². The van der Waals surface area contributed by atoms with Gasteiger partial charge in [-0.2, -0.15) is 0 Å². The minimum absolute atomic E-state index is 0.666. The zero-order chi connectivity index (χ0) is 11.1. The summed E-state index contributed by atoms with van der Waals surface area (Å²) in [4.78, 5) is 0. The molecule has 1 heteroatoms. The molecule has 0 amide bonds. The van der Waals surface area contributed by atoms with Crippen molar-refractivity contribution in [2.45, 2.75) is 6.42 Å². The second-order valence-corrected chi connectivity index (χ2v) is 3.55. The Labute approximate surface area is 96.7 Å². The van der Waals surface area contributed by atoms with Gasteiger partial charge >= 0.3 is 0 Å². The van der Waals surface area contributed by atoms with Gasteiger partial charge < -0.3 is 4.74 Å². The van der Waals surface area contributed by atoms with Gasteiger partial charge in [0.1, 0.15) is 0 Å². The molecule has 0 bridgehead atoms. The van der Waals surface area contributed by atoms with Crippen molar-refractivity contribution in [3.8, 4) is 0 Å². The molecule has 0 saturated heterocycles. The number of hydrogen-bond donors (Lipinski definition) is 0. The van der Waals surface area contributed by atoms with Crippen LogP contribution in [0.4, 0.5) is 0 Å². The van der Waals surface area contributed by atoms with Crippen molar-refractivity contribution in [1.82, 2.24) is 0 Å². The topological polar surface area (TPSA) is 9.23 Å². The molecule has 0 aliphatic carbocycles. The first-order valence-electron chi connectivity index (χ1n) is 5.42. The van der Waals surface area contributed by atoms with Crippen LogP contribution >= 0.6 is 0 Å². The normalized spacial score (nSPS) is 10.2. The molecule has 0 atom stereocenters. The molecule has 0 unspecified atom stereocenters. The second-order valence-electron chi connectivity index (χ2n) is 3.55. The largest absolute Gasteiger partial charge is 0.363 e. The Bertz CT molecular complexity index is 353. The Hall–Kier alpha value is -1.60. The maximum atomic E-state index is 5.37.